The molecule has 0 aromatic rings. The van der Waals surface area contributed by atoms with E-state index in [9.17, 15) is 43.2 Å². The molecule has 0 heterocycles. The predicted octanol–water partition coefficient (Wildman–Crippen LogP) is 22.7. The fourth-order valence-electron chi connectivity index (χ4n) is 11.8. The highest BCUT2D eigenvalue weighted by atomic mass is 31.2. The molecule has 5 atom stereocenters. The average Bonchev–Trinajstić information content (AvgIpc) is 1.16. The Morgan fingerprint density at radius 1 is 0.281 bits per heavy atom. The second-order valence-electron chi connectivity index (χ2n) is 28.7. The number of carbonyl (C=O) groups excluding carboxylic acids is 4. The number of aliphatic hydroxyl groups is 1. The summed E-state index contributed by atoms with van der Waals surface area (Å²) in [6.45, 7) is 9.58. The van der Waals surface area contributed by atoms with Gasteiger partial charge >= 0.3 is 39.5 Å². The van der Waals surface area contributed by atoms with Crippen molar-refractivity contribution in [3.05, 3.63) is 0 Å². The third-order valence-corrected chi connectivity index (χ3v) is 19.9. The summed E-state index contributed by atoms with van der Waals surface area (Å²) in [6.07, 6.45) is 56.8. The number of unbranched alkanes of at least 4 members (excludes halogenated alkanes) is 46. The number of rotatable bonds is 76. The number of phosphoric ester groups is 2. The van der Waals surface area contributed by atoms with E-state index in [4.69, 9.17) is 37.0 Å². The number of hydrogen-bond acceptors (Lipinski definition) is 15. The van der Waals surface area contributed by atoms with Gasteiger partial charge in [-0.1, -0.05) is 350 Å². The number of ether oxygens (including phenoxy) is 4. The molecule has 3 N–H and O–H groups in total. The van der Waals surface area contributed by atoms with Crippen LogP contribution in [0, 0.1) is 11.8 Å². The third-order valence-electron chi connectivity index (χ3n) is 18.0. The number of phosphoric acid groups is 2. The van der Waals surface area contributed by atoms with Gasteiger partial charge in [0.2, 0.25) is 0 Å². The molecule has 0 fully saturated rings. The van der Waals surface area contributed by atoms with Gasteiger partial charge < -0.3 is 33.8 Å². The number of esters is 4. The van der Waals surface area contributed by atoms with Crippen molar-refractivity contribution in [2.75, 3.05) is 39.6 Å². The van der Waals surface area contributed by atoms with Gasteiger partial charge in [0.25, 0.3) is 0 Å². The number of aliphatic hydroxyl groups excluding tert-OH is 1. The van der Waals surface area contributed by atoms with Crippen LogP contribution in [0.2, 0.25) is 0 Å². The Morgan fingerprint density at radius 2 is 0.479 bits per heavy atom. The summed E-state index contributed by atoms with van der Waals surface area (Å²) in [7, 11) is -9.91. The lowest BCUT2D eigenvalue weighted by atomic mass is 10.0. The molecule has 0 amide bonds. The van der Waals surface area contributed by atoms with Crippen molar-refractivity contribution < 1.29 is 80.2 Å². The molecule has 96 heavy (non-hydrogen) atoms. The van der Waals surface area contributed by atoms with Crippen LogP contribution in [0.5, 0.6) is 0 Å². The van der Waals surface area contributed by atoms with E-state index in [-0.39, 0.29) is 25.7 Å². The minimum Gasteiger partial charge on any atom is -0.462 e. The summed E-state index contributed by atoms with van der Waals surface area (Å²) in [4.78, 5) is 72.9. The molecular formula is C77H150O17P2. The Bertz CT molecular complexity index is 1860. The molecule has 0 saturated carbocycles. The largest absolute Gasteiger partial charge is 0.472 e. The first-order valence-electron chi connectivity index (χ1n) is 40.0. The van der Waals surface area contributed by atoms with E-state index in [1.807, 2.05) is 0 Å². The molecule has 0 spiro atoms. The van der Waals surface area contributed by atoms with Crippen LogP contribution in [0.4, 0.5) is 0 Å². The van der Waals surface area contributed by atoms with Crippen LogP contribution in [-0.2, 0) is 65.4 Å². The molecule has 0 bridgehead atoms. The number of carbonyl (C=O) groups is 4. The lowest BCUT2D eigenvalue weighted by Gasteiger charge is -2.21. The van der Waals surface area contributed by atoms with Crippen LogP contribution < -0.4 is 0 Å². The van der Waals surface area contributed by atoms with Crippen molar-refractivity contribution in [3.8, 4) is 0 Å². The zero-order valence-corrected chi connectivity index (χ0v) is 64.5. The normalized spacial score (nSPS) is 14.0. The molecule has 19 heteroatoms. The Balaban J connectivity index is 5.24. The van der Waals surface area contributed by atoms with Gasteiger partial charge in [-0.2, -0.15) is 0 Å². The van der Waals surface area contributed by atoms with Crippen molar-refractivity contribution in [3.63, 3.8) is 0 Å². The topological polar surface area (TPSA) is 237 Å². The molecule has 0 aliphatic carbocycles. The first kappa shape index (κ1) is 94.1. The van der Waals surface area contributed by atoms with Gasteiger partial charge in [0.05, 0.1) is 26.4 Å². The zero-order valence-electron chi connectivity index (χ0n) is 62.7. The van der Waals surface area contributed by atoms with Gasteiger partial charge in [-0.05, 0) is 37.5 Å². The molecule has 0 saturated heterocycles. The maximum Gasteiger partial charge on any atom is 0.472 e. The zero-order chi connectivity index (χ0) is 70.7. The van der Waals surface area contributed by atoms with E-state index < -0.39 is 97.5 Å². The van der Waals surface area contributed by atoms with Crippen LogP contribution in [0.15, 0.2) is 0 Å². The molecule has 0 aliphatic heterocycles. The highest BCUT2D eigenvalue weighted by Crippen LogP contribution is 2.45. The maximum atomic E-state index is 13.1. The van der Waals surface area contributed by atoms with Crippen molar-refractivity contribution >= 4 is 39.5 Å². The van der Waals surface area contributed by atoms with Gasteiger partial charge in [0, 0.05) is 25.7 Å². The number of hydrogen-bond donors (Lipinski definition) is 3. The summed E-state index contributed by atoms with van der Waals surface area (Å²) in [5.74, 6) is -0.605. The van der Waals surface area contributed by atoms with E-state index in [1.54, 1.807) is 0 Å². The molecule has 2 unspecified atom stereocenters. The van der Waals surface area contributed by atoms with Gasteiger partial charge in [-0.25, -0.2) is 9.13 Å². The molecule has 0 radical (unpaired) electrons. The van der Waals surface area contributed by atoms with Crippen LogP contribution >= 0.6 is 15.6 Å². The Hall–Kier alpha value is -1.94. The van der Waals surface area contributed by atoms with Crippen LogP contribution in [0.3, 0.4) is 0 Å². The summed E-state index contributed by atoms with van der Waals surface area (Å²) < 4.78 is 68.6. The van der Waals surface area contributed by atoms with Crippen molar-refractivity contribution in [1.82, 2.24) is 0 Å². The molecule has 0 aromatic carbocycles. The molecule has 0 aliphatic rings. The SMILES string of the molecule is CCCCCCCCCCCCCCCCCCCCC(=O)O[C@H](COC(=O)CCCCCCCCCCCCCCC(C)C)COP(=O)(O)OC[C@@H](O)COP(=O)(O)OC[C@@H](COC(=O)CCCCCCCCCCC(C)C)OC(=O)CCCCCCCCCCCCCC. The smallest absolute Gasteiger partial charge is 0.462 e. The maximum absolute atomic E-state index is 13.1. The highest BCUT2D eigenvalue weighted by Gasteiger charge is 2.30. The Morgan fingerprint density at radius 3 is 0.708 bits per heavy atom. The molecular weight excluding hydrogens is 1260 g/mol. The Labute approximate surface area is 588 Å². The lowest BCUT2D eigenvalue weighted by Crippen LogP contribution is -2.30. The van der Waals surface area contributed by atoms with E-state index >= 15 is 0 Å². The first-order chi connectivity index (χ1) is 46.4. The van der Waals surface area contributed by atoms with E-state index in [2.05, 4.69) is 41.5 Å². The minimum atomic E-state index is -4.96. The average molecular weight is 1410 g/mol. The van der Waals surface area contributed by atoms with Crippen molar-refractivity contribution in [1.29, 1.82) is 0 Å². The standard InChI is InChI=1S/C77H150O17P2/c1-7-9-11-13-15-17-19-21-22-23-24-25-26-32-36-44-50-56-62-77(82)93-72(65-87-74(79)59-53-47-41-34-31-28-27-29-33-39-45-51-57-69(3)4)67-91-95(83,84)89-63-71(78)64-90-96(85,86)92-68-73(66-88-75(80)60-54-48-42-38-37-40-46-52-58-70(5)6)94-76(81)61-55-49-43-35-30-20-18-16-14-12-10-8-2/h69-73,78H,7-68H2,1-6H3,(H,83,84)(H,85,86)/t71-,72-,73-/m1/s1. The van der Waals surface area contributed by atoms with Crippen molar-refractivity contribution in [2.45, 2.75) is 419 Å². The monoisotopic (exact) mass is 1410 g/mol. The fraction of sp³-hybridized carbons (Fsp3) is 0.948. The van der Waals surface area contributed by atoms with Gasteiger partial charge in [-0.15, -0.1) is 0 Å². The summed E-state index contributed by atoms with van der Waals surface area (Å²) in [5.41, 5.74) is 0. The van der Waals surface area contributed by atoms with Gasteiger partial charge in [0.15, 0.2) is 12.2 Å². The lowest BCUT2D eigenvalue weighted by molar-refractivity contribution is -0.161. The molecule has 0 aromatic heterocycles. The minimum absolute atomic E-state index is 0.107. The molecule has 570 valence electrons. The van der Waals surface area contributed by atoms with Crippen LogP contribution in [0.1, 0.15) is 401 Å². The van der Waals surface area contributed by atoms with Gasteiger partial charge in [0.1, 0.15) is 19.3 Å². The quantitative estimate of drug-likeness (QED) is 0.0222. The van der Waals surface area contributed by atoms with Gasteiger partial charge in [-0.3, -0.25) is 37.3 Å². The summed E-state index contributed by atoms with van der Waals surface area (Å²) >= 11 is 0. The van der Waals surface area contributed by atoms with E-state index in [0.717, 1.165) is 102 Å². The Kier molecular flexibility index (Phi) is 67.4. The highest BCUT2D eigenvalue weighted by molar-refractivity contribution is 7.47. The third kappa shape index (κ3) is 70.5. The van der Waals surface area contributed by atoms with E-state index in [1.165, 1.54) is 218 Å². The van der Waals surface area contributed by atoms with Crippen LogP contribution in [-0.4, -0.2) is 96.7 Å². The second kappa shape index (κ2) is 68.8. The molecule has 17 nitrogen and oxygen atoms in total. The van der Waals surface area contributed by atoms with Crippen molar-refractivity contribution in [2.24, 2.45) is 11.8 Å². The summed E-state index contributed by atoms with van der Waals surface area (Å²) in [6, 6.07) is 0. The first-order valence-corrected chi connectivity index (χ1v) is 43.0. The fourth-order valence-corrected chi connectivity index (χ4v) is 13.4. The molecule has 0 rings (SSSR count). The second-order valence-corrected chi connectivity index (χ2v) is 31.6. The van der Waals surface area contributed by atoms with Crippen LogP contribution in [0.25, 0.3) is 0 Å². The predicted molar refractivity (Wildman–Crippen MR) is 391 cm³/mol. The summed E-state index contributed by atoms with van der Waals surface area (Å²) in [5, 5.41) is 10.6. The van der Waals surface area contributed by atoms with E-state index in [0.29, 0.717) is 25.7 Å².